The van der Waals surface area contributed by atoms with Crippen molar-refractivity contribution in [3.05, 3.63) is 45.9 Å². The lowest BCUT2D eigenvalue weighted by Crippen LogP contribution is -2.11. The molecule has 0 bridgehead atoms. The number of nitrogens with one attached hydrogen (secondary N) is 1. The summed E-state index contributed by atoms with van der Waals surface area (Å²) in [5, 5.41) is 18.8. The van der Waals surface area contributed by atoms with Crippen LogP contribution in [0.25, 0.3) is 0 Å². The molecule has 0 saturated heterocycles. The quantitative estimate of drug-likeness (QED) is 0.675. The van der Waals surface area contributed by atoms with E-state index in [0.29, 0.717) is 11.5 Å². The van der Waals surface area contributed by atoms with Crippen molar-refractivity contribution < 1.29 is 4.92 Å². The highest BCUT2D eigenvalue weighted by Crippen LogP contribution is 2.34. The van der Waals surface area contributed by atoms with E-state index in [9.17, 15) is 10.1 Å². The highest BCUT2D eigenvalue weighted by atomic mass is 16.6. The third kappa shape index (κ3) is 3.01. The van der Waals surface area contributed by atoms with Crippen LogP contribution in [0.2, 0.25) is 0 Å². The summed E-state index contributed by atoms with van der Waals surface area (Å²) in [4.78, 5) is 15.0. The first kappa shape index (κ1) is 15.0. The highest BCUT2D eigenvalue weighted by molar-refractivity contribution is 5.61. The van der Waals surface area contributed by atoms with Gasteiger partial charge in [0.2, 0.25) is 5.82 Å². The summed E-state index contributed by atoms with van der Waals surface area (Å²) in [6, 6.07) is 3.68. The minimum atomic E-state index is -0.371. The number of aryl methyl sites for hydroxylation is 1. The Morgan fingerprint density at radius 1 is 1.29 bits per heavy atom. The Hall–Kier alpha value is -2.44. The van der Waals surface area contributed by atoms with Gasteiger partial charge >= 0.3 is 5.69 Å². The van der Waals surface area contributed by atoms with Crippen LogP contribution in [0, 0.1) is 10.1 Å². The zero-order valence-corrected chi connectivity index (χ0v) is 12.6. The molecule has 7 nitrogen and oxygen atoms in total. The molecule has 0 aromatic carbocycles. The van der Waals surface area contributed by atoms with E-state index in [1.165, 1.54) is 4.68 Å². The fourth-order valence-corrected chi connectivity index (χ4v) is 2.20. The van der Waals surface area contributed by atoms with Gasteiger partial charge in [-0.15, -0.1) is 0 Å². The van der Waals surface area contributed by atoms with Crippen molar-refractivity contribution in [2.75, 3.05) is 5.32 Å². The van der Waals surface area contributed by atoms with Crippen molar-refractivity contribution in [1.29, 1.82) is 0 Å². The molecular formula is C14H19N5O2. The maximum absolute atomic E-state index is 11.4. The number of hydrogen-bond donors (Lipinski definition) is 1. The van der Waals surface area contributed by atoms with Crippen LogP contribution < -0.4 is 5.32 Å². The maximum Gasteiger partial charge on any atom is 0.334 e. The lowest BCUT2D eigenvalue weighted by Gasteiger charge is -2.14. The fraction of sp³-hybridized carbons (Fsp3) is 0.429. The van der Waals surface area contributed by atoms with E-state index in [-0.39, 0.29) is 22.6 Å². The molecule has 1 N–H and O–H groups in total. The number of nitrogens with zero attached hydrogens (tertiary/aromatic N) is 4. The van der Waals surface area contributed by atoms with Crippen molar-refractivity contribution in [3.8, 4) is 0 Å². The fourth-order valence-electron chi connectivity index (χ4n) is 2.20. The number of hydrogen-bond acceptors (Lipinski definition) is 5. The summed E-state index contributed by atoms with van der Waals surface area (Å²) < 4.78 is 1.53. The first-order valence-electron chi connectivity index (χ1n) is 6.79. The first-order valence-corrected chi connectivity index (χ1v) is 6.79. The van der Waals surface area contributed by atoms with Gasteiger partial charge < -0.3 is 5.32 Å². The molecule has 7 heteroatoms. The summed E-state index contributed by atoms with van der Waals surface area (Å²) in [7, 11) is 1.71. The van der Waals surface area contributed by atoms with Gasteiger partial charge in [-0.2, -0.15) is 5.10 Å². The van der Waals surface area contributed by atoms with Crippen LogP contribution >= 0.6 is 0 Å². The van der Waals surface area contributed by atoms with Crippen LogP contribution in [-0.4, -0.2) is 19.7 Å². The van der Waals surface area contributed by atoms with Gasteiger partial charge in [0.25, 0.3) is 0 Å². The van der Waals surface area contributed by atoms with E-state index in [0.717, 1.165) is 5.56 Å². The van der Waals surface area contributed by atoms with E-state index in [2.05, 4.69) is 15.4 Å². The van der Waals surface area contributed by atoms with Gasteiger partial charge in [-0.05, 0) is 24.6 Å². The zero-order chi connectivity index (χ0) is 15.6. The van der Waals surface area contributed by atoms with Gasteiger partial charge in [0, 0.05) is 25.4 Å². The molecule has 0 saturated carbocycles. The third-order valence-corrected chi connectivity index (χ3v) is 3.34. The molecule has 0 amide bonds. The molecule has 1 unspecified atom stereocenters. The number of anilines is 1. The van der Waals surface area contributed by atoms with Crippen molar-refractivity contribution >= 4 is 11.5 Å². The monoisotopic (exact) mass is 289 g/mol. The normalized spacial score (nSPS) is 12.4. The number of pyridine rings is 1. The molecule has 1 atom stereocenters. The molecule has 0 aliphatic rings. The molecule has 0 radical (unpaired) electrons. The van der Waals surface area contributed by atoms with Crippen LogP contribution in [-0.2, 0) is 7.05 Å². The second-order valence-electron chi connectivity index (χ2n) is 5.26. The molecule has 112 valence electrons. The number of rotatable bonds is 5. The average molecular weight is 289 g/mol. The summed E-state index contributed by atoms with van der Waals surface area (Å²) in [5.74, 6) is 0.413. The topological polar surface area (TPSA) is 85.9 Å². The van der Waals surface area contributed by atoms with Gasteiger partial charge in [0.1, 0.15) is 5.69 Å². The van der Waals surface area contributed by atoms with Crippen molar-refractivity contribution in [1.82, 2.24) is 14.8 Å². The largest absolute Gasteiger partial charge is 0.358 e. The molecule has 2 rings (SSSR count). The molecule has 0 fully saturated rings. The zero-order valence-electron chi connectivity index (χ0n) is 12.6. The van der Waals surface area contributed by atoms with Gasteiger partial charge in [-0.25, -0.2) is 4.68 Å². The summed E-state index contributed by atoms with van der Waals surface area (Å²) >= 11 is 0. The van der Waals surface area contributed by atoms with Crippen LogP contribution in [0.15, 0.2) is 24.5 Å². The van der Waals surface area contributed by atoms with Crippen LogP contribution in [0.5, 0.6) is 0 Å². The van der Waals surface area contributed by atoms with E-state index < -0.39 is 0 Å². The number of nitro groups is 1. The Kier molecular flexibility index (Phi) is 4.21. The number of aromatic nitrogens is 3. The van der Waals surface area contributed by atoms with Crippen molar-refractivity contribution in [2.45, 2.75) is 32.7 Å². The molecule has 0 aliphatic carbocycles. The molecular weight excluding hydrogens is 270 g/mol. The van der Waals surface area contributed by atoms with Crippen LogP contribution in [0.4, 0.5) is 11.5 Å². The predicted molar refractivity (Wildman–Crippen MR) is 80.2 cm³/mol. The molecule has 2 aromatic heterocycles. The summed E-state index contributed by atoms with van der Waals surface area (Å²) in [6.07, 6.45) is 3.40. The standard InChI is InChI=1S/C14H19N5O2/c1-9(2)12-13(19(20)21)14(18(4)17-12)16-10(3)11-5-7-15-8-6-11/h5-10,16H,1-4H3. The lowest BCUT2D eigenvalue weighted by atomic mass is 10.1. The third-order valence-electron chi connectivity index (χ3n) is 3.34. The minimum absolute atomic E-state index is 0.0108. The second kappa shape index (κ2) is 5.90. The molecule has 21 heavy (non-hydrogen) atoms. The minimum Gasteiger partial charge on any atom is -0.358 e. The Bertz CT molecular complexity index is 636. The summed E-state index contributed by atoms with van der Waals surface area (Å²) in [5.41, 5.74) is 1.55. The Morgan fingerprint density at radius 2 is 1.90 bits per heavy atom. The Balaban J connectivity index is 2.38. The molecule has 0 aliphatic heterocycles. The van der Waals surface area contributed by atoms with E-state index in [1.54, 1.807) is 19.4 Å². The van der Waals surface area contributed by atoms with Gasteiger partial charge in [-0.3, -0.25) is 15.1 Å². The first-order chi connectivity index (χ1) is 9.91. The molecule has 2 heterocycles. The van der Waals surface area contributed by atoms with Gasteiger partial charge in [-0.1, -0.05) is 13.8 Å². The maximum atomic E-state index is 11.4. The van der Waals surface area contributed by atoms with E-state index >= 15 is 0 Å². The molecule has 0 spiro atoms. The average Bonchev–Trinajstić information content (AvgIpc) is 2.77. The smallest absolute Gasteiger partial charge is 0.334 e. The summed E-state index contributed by atoms with van der Waals surface area (Å²) in [6.45, 7) is 5.73. The molecule has 2 aromatic rings. The van der Waals surface area contributed by atoms with Crippen LogP contribution in [0.1, 0.15) is 44.0 Å². The van der Waals surface area contributed by atoms with Crippen molar-refractivity contribution in [3.63, 3.8) is 0 Å². The van der Waals surface area contributed by atoms with E-state index in [4.69, 9.17) is 0 Å². The highest BCUT2D eigenvalue weighted by Gasteiger charge is 2.29. The van der Waals surface area contributed by atoms with Crippen LogP contribution in [0.3, 0.4) is 0 Å². The lowest BCUT2D eigenvalue weighted by molar-refractivity contribution is -0.384. The van der Waals surface area contributed by atoms with Gasteiger partial charge in [0.15, 0.2) is 0 Å². The Labute approximate surface area is 123 Å². The Morgan fingerprint density at radius 3 is 2.43 bits per heavy atom. The predicted octanol–water partition coefficient (Wildman–Crippen LogP) is 3.02. The van der Waals surface area contributed by atoms with Crippen molar-refractivity contribution in [2.24, 2.45) is 7.05 Å². The SMILES string of the molecule is CC(C)c1nn(C)c(NC(C)c2ccncc2)c1[N+](=O)[O-]. The second-order valence-corrected chi connectivity index (χ2v) is 5.26. The van der Waals surface area contributed by atoms with E-state index in [1.807, 2.05) is 32.9 Å². The van der Waals surface area contributed by atoms with Gasteiger partial charge in [0.05, 0.1) is 11.0 Å².